The van der Waals surface area contributed by atoms with Crippen molar-refractivity contribution in [1.29, 1.82) is 0 Å². The topological polar surface area (TPSA) is 72.6 Å². The molecule has 0 bridgehead atoms. The van der Waals surface area contributed by atoms with Crippen molar-refractivity contribution < 1.29 is 0 Å². The van der Waals surface area contributed by atoms with Gasteiger partial charge < -0.3 is 4.90 Å². The van der Waals surface area contributed by atoms with Crippen LogP contribution < -0.4 is 4.90 Å². The fourth-order valence-electron chi connectivity index (χ4n) is 5.08. The maximum Gasteiger partial charge on any atom is 0.156 e. The summed E-state index contributed by atoms with van der Waals surface area (Å²) in [5, 5.41) is 5.58. The molecular formula is C24H25N7. The van der Waals surface area contributed by atoms with Gasteiger partial charge in [0.1, 0.15) is 11.5 Å². The minimum Gasteiger partial charge on any atom is -0.355 e. The summed E-state index contributed by atoms with van der Waals surface area (Å²) in [6.07, 6.45) is 14.0. The van der Waals surface area contributed by atoms with E-state index in [1.165, 1.54) is 32.1 Å². The van der Waals surface area contributed by atoms with Gasteiger partial charge in [-0.15, -0.1) is 0 Å². The summed E-state index contributed by atoms with van der Waals surface area (Å²) in [4.78, 5) is 20.7. The van der Waals surface area contributed by atoms with Crippen molar-refractivity contribution >= 4 is 16.7 Å². The molecule has 1 aliphatic carbocycles. The Morgan fingerprint density at radius 3 is 2.55 bits per heavy atom. The Morgan fingerprint density at radius 2 is 1.71 bits per heavy atom. The summed E-state index contributed by atoms with van der Waals surface area (Å²) in [5.41, 5.74) is 3.90. The lowest BCUT2D eigenvalue weighted by Crippen LogP contribution is -2.57. The second kappa shape index (κ2) is 7.11. The van der Waals surface area contributed by atoms with Crippen molar-refractivity contribution in [3.63, 3.8) is 0 Å². The minimum absolute atomic E-state index is 0.532. The number of nitrogens with zero attached hydrogens (tertiary/aromatic N) is 7. The number of hydrogen-bond acceptors (Lipinski definition) is 6. The molecular weight excluding hydrogens is 386 g/mol. The number of rotatable bonds is 3. The van der Waals surface area contributed by atoms with Crippen molar-refractivity contribution in [2.24, 2.45) is 5.41 Å². The third-order valence-corrected chi connectivity index (χ3v) is 6.70. The van der Waals surface area contributed by atoms with Crippen LogP contribution in [0.5, 0.6) is 0 Å². The Labute approximate surface area is 181 Å². The van der Waals surface area contributed by atoms with E-state index in [1.54, 1.807) is 12.4 Å². The van der Waals surface area contributed by atoms with Gasteiger partial charge in [-0.05, 0) is 38.0 Å². The van der Waals surface area contributed by atoms with E-state index in [9.17, 15) is 0 Å². The standard InChI is InChI=1S/C24H25N7/c1-17-11-25-14-20(28-17)19-10-21-18(12-26-19)13-27-31(21)23-7-5-6-22(29-23)30-15-24(16-30)8-3-2-4-9-24/h5-7,10-14H,2-4,8-9,15-16H2,1H3. The van der Waals surface area contributed by atoms with Crippen LogP contribution in [0.15, 0.2) is 49.1 Å². The minimum atomic E-state index is 0.532. The van der Waals surface area contributed by atoms with Crippen LogP contribution in [0, 0.1) is 12.3 Å². The molecule has 156 valence electrons. The summed E-state index contributed by atoms with van der Waals surface area (Å²) in [5.74, 6) is 1.86. The molecule has 5 heterocycles. The maximum absolute atomic E-state index is 4.96. The third kappa shape index (κ3) is 3.24. The zero-order valence-corrected chi connectivity index (χ0v) is 17.7. The SMILES string of the molecule is Cc1cncc(-c2cc3c(cn2)cnn3-c2cccc(N3CC4(CCCCC4)C3)n2)n1. The number of fused-ring (bicyclic) bond motifs is 1. The molecule has 0 radical (unpaired) electrons. The lowest BCUT2D eigenvalue weighted by molar-refractivity contribution is 0.138. The highest BCUT2D eigenvalue weighted by molar-refractivity contribution is 5.82. The normalized spacial score (nSPS) is 17.8. The predicted octanol–water partition coefficient (Wildman–Crippen LogP) is 4.35. The molecule has 0 atom stereocenters. The Bertz CT molecular complexity index is 1250. The monoisotopic (exact) mass is 411 g/mol. The molecule has 0 N–H and O–H groups in total. The van der Waals surface area contributed by atoms with Gasteiger partial charge >= 0.3 is 0 Å². The number of anilines is 1. The fourth-order valence-corrected chi connectivity index (χ4v) is 5.08. The molecule has 0 unspecified atom stereocenters. The van der Waals surface area contributed by atoms with E-state index in [-0.39, 0.29) is 0 Å². The number of aromatic nitrogens is 6. The van der Waals surface area contributed by atoms with Crippen LogP contribution >= 0.6 is 0 Å². The van der Waals surface area contributed by atoms with Gasteiger partial charge in [-0.3, -0.25) is 9.97 Å². The predicted molar refractivity (Wildman–Crippen MR) is 120 cm³/mol. The molecule has 0 amide bonds. The van der Waals surface area contributed by atoms with E-state index in [1.807, 2.05) is 36.1 Å². The van der Waals surface area contributed by atoms with E-state index >= 15 is 0 Å². The van der Waals surface area contributed by atoms with Gasteiger partial charge in [0.05, 0.1) is 29.3 Å². The Morgan fingerprint density at radius 1 is 0.871 bits per heavy atom. The van der Waals surface area contributed by atoms with Crippen LogP contribution in [0.2, 0.25) is 0 Å². The first kappa shape index (κ1) is 18.4. The molecule has 1 aliphatic heterocycles. The zero-order valence-electron chi connectivity index (χ0n) is 17.7. The summed E-state index contributed by atoms with van der Waals surface area (Å²) in [6.45, 7) is 4.19. The largest absolute Gasteiger partial charge is 0.355 e. The van der Waals surface area contributed by atoms with E-state index in [2.05, 4.69) is 37.1 Å². The zero-order chi connectivity index (χ0) is 20.8. The van der Waals surface area contributed by atoms with Crippen LogP contribution in [0.25, 0.3) is 28.1 Å². The van der Waals surface area contributed by atoms with Gasteiger partial charge in [-0.2, -0.15) is 5.10 Å². The van der Waals surface area contributed by atoms with Crippen molar-refractivity contribution in [1.82, 2.24) is 29.7 Å². The molecule has 2 aliphatic rings. The highest BCUT2D eigenvalue weighted by Crippen LogP contribution is 2.45. The summed E-state index contributed by atoms with van der Waals surface area (Å²) in [6, 6.07) is 8.21. The molecule has 1 spiro atoms. The Kier molecular flexibility index (Phi) is 4.23. The quantitative estimate of drug-likeness (QED) is 0.499. The lowest BCUT2D eigenvalue weighted by Gasteiger charge is -2.53. The van der Waals surface area contributed by atoms with Gasteiger partial charge in [-0.25, -0.2) is 14.6 Å². The number of hydrogen-bond donors (Lipinski definition) is 0. The number of aryl methyl sites for hydroxylation is 1. The molecule has 1 saturated heterocycles. The Hall–Kier alpha value is -3.35. The molecule has 2 fully saturated rings. The second-order valence-electron chi connectivity index (χ2n) is 9.00. The fraction of sp³-hybridized carbons (Fsp3) is 0.375. The van der Waals surface area contributed by atoms with E-state index < -0.39 is 0 Å². The molecule has 7 nitrogen and oxygen atoms in total. The first-order chi connectivity index (χ1) is 15.2. The van der Waals surface area contributed by atoms with E-state index in [0.717, 1.165) is 52.7 Å². The second-order valence-corrected chi connectivity index (χ2v) is 9.00. The molecule has 4 aromatic rings. The molecule has 0 aromatic carbocycles. The van der Waals surface area contributed by atoms with E-state index in [4.69, 9.17) is 4.98 Å². The molecule has 31 heavy (non-hydrogen) atoms. The highest BCUT2D eigenvalue weighted by Gasteiger charge is 2.43. The summed E-state index contributed by atoms with van der Waals surface area (Å²) < 4.78 is 1.89. The highest BCUT2D eigenvalue weighted by atomic mass is 15.3. The first-order valence-electron chi connectivity index (χ1n) is 11.0. The smallest absolute Gasteiger partial charge is 0.156 e. The molecule has 7 heteroatoms. The van der Waals surface area contributed by atoms with Crippen LogP contribution in [0.1, 0.15) is 37.8 Å². The van der Waals surface area contributed by atoms with Gasteiger partial charge in [0, 0.05) is 36.3 Å². The molecule has 4 aromatic heterocycles. The first-order valence-corrected chi connectivity index (χ1v) is 11.0. The molecule has 1 saturated carbocycles. The summed E-state index contributed by atoms with van der Waals surface area (Å²) in [7, 11) is 0. The average Bonchev–Trinajstić information content (AvgIpc) is 3.21. The van der Waals surface area contributed by atoms with Gasteiger partial charge in [0.25, 0.3) is 0 Å². The van der Waals surface area contributed by atoms with Crippen LogP contribution in [0.4, 0.5) is 5.82 Å². The van der Waals surface area contributed by atoms with Crippen molar-refractivity contribution in [2.75, 3.05) is 18.0 Å². The van der Waals surface area contributed by atoms with Crippen molar-refractivity contribution in [3.8, 4) is 17.2 Å². The Balaban J connectivity index is 1.32. The van der Waals surface area contributed by atoms with Gasteiger partial charge in [0.15, 0.2) is 5.82 Å². The van der Waals surface area contributed by atoms with Crippen molar-refractivity contribution in [3.05, 3.63) is 54.7 Å². The number of pyridine rings is 2. The van der Waals surface area contributed by atoms with Crippen LogP contribution in [0.3, 0.4) is 0 Å². The lowest BCUT2D eigenvalue weighted by atomic mass is 9.69. The van der Waals surface area contributed by atoms with Crippen LogP contribution in [-0.2, 0) is 0 Å². The van der Waals surface area contributed by atoms with E-state index in [0.29, 0.717) is 5.41 Å². The van der Waals surface area contributed by atoms with Gasteiger partial charge in [-0.1, -0.05) is 25.3 Å². The van der Waals surface area contributed by atoms with Crippen molar-refractivity contribution in [2.45, 2.75) is 39.0 Å². The third-order valence-electron chi connectivity index (χ3n) is 6.70. The van der Waals surface area contributed by atoms with Crippen LogP contribution in [-0.4, -0.2) is 42.8 Å². The van der Waals surface area contributed by atoms with Gasteiger partial charge in [0.2, 0.25) is 0 Å². The summed E-state index contributed by atoms with van der Waals surface area (Å²) >= 11 is 0. The molecule has 6 rings (SSSR count). The average molecular weight is 412 g/mol. The maximum atomic E-state index is 4.96.